The number of sulfonamides is 1. The van der Waals surface area contributed by atoms with Gasteiger partial charge in [0.25, 0.3) is 5.56 Å². The van der Waals surface area contributed by atoms with Crippen molar-refractivity contribution in [2.24, 2.45) is 0 Å². The molecule has 14 heteroatoms. The summed E-state index contributed by atoms with van der Waals surface area (Å²) in [5.41, 5.74) is 1.36. The van der Waals surface area contributed by atoms with E-state index in [-0.39, 0.29) is 22.1 Å². The molecule has 0 saturated carbocycles. The summed E-state index contributed by atoms with van der Waals surface area (Å²) in [7, 11) is -3.80. The molecule has 208 valence electrons. The van der Waals surface area contributed by atoms with E-state index in [1.165, 1.54) is 16.6 Å². The quantitative estimate of drug-likeness (QED) is 0.307. The molecule has 0 bridgehead atoms. The molecule has 5 heterocycles. The maximum absolute atomic E-state index is 13.5. The Labute approximate surface area is 226 Å². The largest absolute Gasteiger partial charge is 0.477 e. The average Bonchev–Trinajstić information content (AvgIpc) is 3.60. The van der Waals surface area contributed by atoms with Gasteiger partial charge in [-0.1, -0.05) is 13.8 Å². The highest BCUT2D eigenvalue weighted by Gasteiger charge is 2.30. The van der Waals surface area contributed by atoms with E-state index in [0.29, 0.717) is 63.4 Å². The third-order valence-corrected chi connectivity index (χ3v) is 8.78. The molecule has 0 aliphatic carbocycles. The summed E-state index contributed by atoms with van der Waals surface area (Å²) < 4.78 is 37.8. The molecule has 0 unspecified atom stereocenters. The molecule has 1 aliphatic rings. The highest BCUT2D eigenvalue weighted by molar-refractivity contribution is 7.89. The highest BCUT2D eigenvalue weighted by atomic mass is 32.2. The lowest BCUT2D eigenvalue weighted by Crippen LogP contribution is -2.48. The molecule has 5 rings (SSSR count). The fourth-order valence-corrected chi connectivity index (χ4v) is 6.18. The second-order valence-electron chi connectivity index (χ2n) is 9.20. The number of nitrogens with one attached hydrogen (secondary N) is 1. The van der Waals surface area contributed by atoms with E-state index in [1.54, 1.807) is 15.6 Å². The Morgan fingerprint density at radius 1 is 1.08 bits per heavy atom. The van der Waals surface area contributed by atoms with Gasteiger partial charge in [0.15, 0.2) is 5.52 Å². The van der Waals surface area contributed by atoms with Crippen LogP contribution in [0, 0.1) is 0 Å². The van der Waals surface area contributed by atoms with Crippen molar-refractivity contribution in [3.8, 4) is 17.3 Å². The van der Waals surface area contributed by atoms with Crippen LogP contribution in [0.2, 0.25) is 0 Å². The summed E-state index contributed by atoms with van der Waals surface area (Å²) in [5.74, 6) is 0.372. The van der Waals surface area contributed by atoms with Crippen LogP contribution in [0.1, 0.15) is 26.5 Å². The van der Waals surface area contributed by atoms with Gasteiger partial charge in [-0.3, -0.25) is 14.2 Å². The fraction of sp³-hybridized carbons (Fsp3) is 0.480. The summed E-state index contributed by atoms with van der Waals surface area (Å²) >= 11 is 0. The Balaban J connectivity index is 1.55. The predicted octanol–water partition coefficient (Wildman–Crippen LogP) is 1.37. The minimum atomic E-state index is -3.80. The third kappa shape index (κ3) is 5.31. The number of fused-ring (bicyclic) bond motifs is 1. The highest BCUT2D eigenvalue weighted by Crippen LogP contribution is 2.30. The molecule has 1 fully saturated rings. The molecule has 4 aromatic rings. The zero-order valence-corrected chi connectivity index (χ0v) is 23.2. The summed E-state index contributed by atoms with van der Waals surface area (Å²) in [6, 6.07) is 3.33. The van der Waals surface area contributed by atoms with Crippen molar-refractivity contribution in [2.75, 3.05) is 39.3 Å². The smallest absolute Gasteiger partial charge is 0.279 e. The molecule has 0 atom stereocenters. The number of hydrogen-bond acceptors (Lipinski definition) is 9. The topological polar surface area (TPSA) is 144 Å². The Bertz CT molecular complexity index is 1600. The van der Waals surface area contributed by atoms with Gasteiger partial charge in [0.1, 0.15) is 16.2 Å². The van der Waals surface area contributed by atoms with Crippen molar-refractivity contribution >= 4 is 21.1 Å². The molecule has 4 aromatic heterocycles. The number of ether oxygens (including phenoxy) is 1. The van der Waals surface area contributed by atoms with E-state index in [4.69, 9.17) is 9.72 Å². The third-order valence-electron chi connectivity index (χ3n) is 6.91. The van der Waals surface area contributed by atoms with E-state index in [9.17, 15) is 13.2 Å². The van der Waals surface area contributed by atoms with Crippen molar-refractivity contribution in [1.82, 2.24) is 43.7 Å². The molecule has 0 spiro atoms. The zero-order valence-electron chi connectivity index (χ0n) is 22.4. The second kappa shape index (κ2) is 11.2. The SMILES string of the molecule is CCOc1ncc(S(=O)(=O)N2CCN(CC)CC2)cc1-c1nc2c(CC)n(CCn3cccn3)nc2c(=O)[nH]1. The Morgan fingerprint density at radius 2 is 1.87 bits per heavy atom. The maximum Gasteiger partial charge on any atom is 0.279 e. The van der Waals surface area contributed by atoms with Gasteiger partial charge in [0, 0.05) is 38.6 Å². The van der Waals surface area contributed by atoms with Gasteiger partial charge in [0.2, 0.25) is 15.9 Å². The first-order valence-corrected chi connectivity index (χ1v) is 14.6. The van der Waals surface area contributed by atoms with E-state index < -0.39 is 15.6 Å². The summed E-state index contributed by atoms with van der Waals surface area (Å²) in [6.45, 7) is 10.3. The van der Waals surface area contributed by atoms with Gasteiger partial charge < -0.3 is 14.6 Å². The number of nitrogens with zero attached hydrogens (tertiary/aromatic N) is 8. The van der Waals surface area contributed by atoms with E-state index in [2.05, 4.69) is 32.0 Å². The summed E-state index contributed by atoms with van der Waals surface area (Å²) in [4.78, 5) is 27.2. The standard InChI is InChI=1S/C25H33N9O4S/c1-4-20-21-22(30-34(20)15-12-32-9-7-8-27-32)24(35)29-23(28-21)19-16-18(17-26-25(19)38-6-3)39(36,37)33-13-10-31(5-2)11-14-33/h7-9,16-17H,4-6,10-15H2,1-3H3,(H,28,29,35). The van der Waals surface area contributed by atoms with Crippen LogP contribution in [0.5, 0.6) is 5.88 Å². The Kier molecular flexibility index (Phi) is 7.77. The number of hydrogen-bond donors (Lipinski definition) is 1. The molecule has 1 saturated heterocycles. The lowest BCUT2D eigenvalue weighted by atomic mass is 10.2. The van der Waals surface area contributed by atoms with Gasteiger partial charge in [0.05, 0.1) is 37.2 Å². The average molecular weight is 556 g/mol. The lowest BCUT2D eigenvalue weighted by molar-refractivity contribution is 0.196. The van der Waals surface area contributed by atoms with Crippen LogP contribution < -0.4 is 10.3 Å². The van der Waals surface area contributed by atoms with Crippen LogP contribution >= 0.6 is 0 Å². The predicted molar refractivity (Wildman–Crippen MR) is 145 cm³/mol. The molecule has 0 aromatic carbocycles. The van der Waals surface area contributed by atoms with E-state index in [1.807, 2.05) is 26.1 Å². The van der Waals surface area contributed by atoms with Crippen molar-refractivity contribution < 1.29 is 13.2 Å². The molecular weight excluding hydrogens is 522 g/mol. The van der Waals surface area contributed by atoms with E-state index >= 15 is 0 Å². The normalized spacial score (nSPS) is 15.3. The number of pyridine rings is 1. The monoisotopic (exact) mass is 555 g/mol. The molecule has 0 amide bonds. The van der Waals surface area contributed by atoms with Gasteiger partial charge >= 0.3 is 0 Å². The van der Waals surface area contributed by atoms with Gasteiger partial charge in [-0.25, -0.2) is 18.4 Å². The Hall–Kier alpha value is -3.62. The number of piperazine rings is 1. The first kappa shape index (κ1) is 27.0. The fourth-order valence-electron chi connectivity index (χ4n) is 4.79. The van der Waals surface area contributed by atoms with Crippen molar-refractivity contribution in [2.45, 2.75) is 45.2 Å². The van der Waals surface area contributed by atoms with Gasteiger partial charge in [-0.05, 0) is 32.0 Å². The Morgan fingerprint density at radius 3 is 2.54 bits per heavy atom. The first-order chi connectivity index (χ1) is 18.8. The first-order valence-electron chi connectivity index (χ1n) is 13.2. The van der Waals surface area contributed by atoms with Crippen LogP contribution in [-0.4, -0.2) is 91.5 Å². The molecule has 1 aliphatic heterocycles. The number of aryl methyl sites for hydroxylation is 3. The molecule has 13 nitrogen and oxygen atoms in total. The minimum absolute atomic E-state index is 0.0271. The maximum atomic E-state index is 13.5. The van der Waals surface area contributed by atoms with Crippen molar-refractivity contribution in [1.29, 1.82) is 0 Å². The van der Waals surface area contributed by atoms with E-state index in [0.717, 1.165) is 12.2 Å². The molecule has 39 heavy (non-hydrogen) atoms. The lowest BCUT2D eigenvalue weighted by Gasteiger charge is -2.33. The number of aromatic amines is 1. The number of aromatic nitrogens is 7. The second-order valence-corrected chi connectivity index (χ2v) is 11.1. The summed E-state index contributed by atoms with van der Waals surface area (Å²) in [5, 5.41) is 8.75. The number of H-pyrrole nitrogens is 1. The van der Waals surface area contributed by atoms with Crippen molar-refractivity contribution in [3.05, 3.63) is 46.8 Å². The number of likely N-dealkylation sites (N-methyl/N-ethyl adjacent to an activating group) is 1. The van der Waals surface area contributed by atoms with Crippen LogP contribution in [0.15, 0.2) is 40.4 Å². The van der Waals surface area contributed by atoms with Crippen LogP contribution in [0.3, 0.4) is 0 Å². The molecular formula is C25H33N9O4S. The zero-order chi connectivity index (χ0) is 27.6. The van der Waals surface area contributed by atoms with Crippen molar-refractivity contribution in [3.63, 3.8) is 0 Å². The minimum Gasteiger partial charge on any atom is -0.477 e. The molecule has 0 radical (unpaired) electrons. The van der Waals surface area contributed by atoms with Gasteiger partial charge in [-0.2, -0.15) is 14.5 Å². The molecule has 1 N–H and O–H groups in total. The van der Waals surface area contributed by atoms with Gasteiger partial charge in [-0.15, -0.1) is 0 Å². The number of rotatable bonds is 10. The summed E-state index contributed by atoms with van der Waals surface area (Å²) in [6.07, 6.45) is 5.48. The van der Waals surface area contributed by atoms with Crippen LogP contribution in [0.4, 0.5) is 0 Å². The van der Waals surface area contributed by atoms with Crippen LogP contribution in [-0.2, 0) is 29.5 Å². The van der Waals surface area contributed by atoms with Crippen LogP contribution in [0.25, 0.3) is 22.4 Å².